The SMILES string of the molecule is CC/C=C\C/C=C\C/C=C\C/C=C\C/C=C\C/C=C\C/C=C\C/C=C\CCCCCCCCCCC(=O)OCC(COC(=O)CCCCCCCCC)OC(=O)CCCCCCCCC. The summed E-state index contributed by atoms with van der Waals surface area (Å²) in [7, 11) is 0. The van der Waals surface area contributed by atoms with Crippen LogP contribution < -0.4 is 0 Å². The molecule has 0 heterocycles. The number of esters is 3. The van der Waals surface area contributed by atoms with Crippen molar-refractivity contribution in [3.63, 3.8) is 0 Å². The van der Waals surface area contributed by atoms with Crippen LogP contribution in [0.15, 0.2) is 97.2 Å². The molecule has 0 aromatic carbocycles. The highest BCUT2D eigenvalue weighted by molar-refractivity contribution is 5.71. The third-order valence-electron chi connectivity index (χ3n) is 11.1. The van der Waals surface area contributed by atoms with Gasteiger partial charge in [0.1, 0.15) is 13.2 Å². The Kier molecular flexibility index (Phi) is 50.0. The molecule has 6 nitrogen and oxygen atoms in total. The van der Waals surface area contributed by atoms with Crippen molar-refractivity contribution >= 4 is 17.9 Å². The van der Waals surface area contributed by atoms with Gasteiger partial charge in [0.25, 0.3) is 0 Å². The fraction of sp³-hybridized carbons (Fsp3) is 0.678. The summed E-state index contributed by atoms with van der Waals surface area (Å²) in [4.78, 5) is 37.5. The van der Waals surface area contributed by atoms with Crippen LogP contribution in [-0.4, -0.2) is 37.2 Å². The second kappa shape index (κ2) is 52.9. The molecule has 1 atom stereocenters. The molecule has 65 heavy (non-hydrogen) atoms. The fourth-order valence-corrected chi connectivity index (χ4v) is 7.10. The van der Waals surface area contributed by atoms with Gasteiger partial charge < -0.3 is 14.2 Å². The molecule has 0 amide bonds. The molecule has 0 aliphatic rings. The molecule has 0 saturated carbocycles. The van der Waals surface area contributed by atoms with Crippen LogP contribution >= 0.6 is 0 Å². The second-order valence-corrected chi connectivity index (χ2v) is 17.4. The highest BCUT2D eigenvalue weighted by atomic mass is 16.6. The third-order valence-corrected chi connectivity index (χ3v) is 11.1. The molecule has 0 aliphatic carbocycles. The number of unbranched alkanes of at least 4 members (excludes halogenated alkanes) is 20. The number of carbonyl (C=O) groups excluding carboxylic acids is 3. The van der Waals surface area contributed by atoms with E-state index in [4.69, 9.17) is 14.2 Å². The van der Waals surface area contributed by atoms with Crippen molar-refractivity contribution in [3.05, 3.63) is 97.2 Å². The van der Waals surface area contributed by atoms with E-state index in [0.717, 1.165) is 116 Å². The molecule has 0 N–H and O–H groups in total. The van der Waals surface area contributed by atoms with Crippen LogP contribution in [0.4, 0.5) is 0 Å². The van der Waals surface area contributed by atoms with Crippen molar-refractivity contribution in [3.8, 4) is 0 Å². The molecule has 0 spiro atoms. The first-order valence-electron chi connectivity index (χ1n) is 26.7. The molecule has 0 bridgehead atoms. The Hall–Kier alpha value is -3.67. The van der Waals surface area contributed by atoms with Crippen molar-refractivity contribution in [2.24, 2.45) is 0 Å². The average Bonchev–Trinajstić information content (AvgIpc) is 3.30. The van der Waals surface area contributed by atoms with E-state index in [9.17, 15) is 14.4 Å². The molecule has 0 rings (SSSR count). The van der Waals surface area contributed by atoms with Crippen LogP contribution in [0.25, 0.3) is 0 Å². The first-order chi connectivity index (χ1) is 32.0. The van der Waals surface area contributed by atoms with Crippen molar-refractivity contribution in [1.29, 1.82) is 0 Å². The van der Waals surface area contributed by atoms with Gasteiger partial charge in [0.15, 0.2) is 6.10 Å². The first kappa shape index (κ1) is 61.3. The van der Waals surface area contributed by atoms with Crippen LogP contribution in [0.3, 0.4) is 0 Å². The predicted octanol–water partition coefficient (Wildman–Crippen LogP) is 17.8. The van der Waals surface area contributed by atoms with Gasteiger partial charge in [-0.15, -0.1) is 0 Å². The maximum absolute atomic E-state index is 12.6. The topological polar surface area (TPSA) is 78.9 Å². The number of ether oxygens (including phenoxy) is 3. The van der Waals surface area contributed by atoms with Crippen molar-refractivity contribution in [1.82, 2.24) is 0 Å². The van der Waals surface area contributed by atoms with E-state index in [1.807, 2.05) is 0 Å². The molecule has 0 aliphatic heterocycles. The summed E-state index contributed by atoms with van der Waals surface area (Å²) >= 11 is 0. The lowest BCUT2D eigenvalue weighted by Crippen LogP contribution is -2.30. The smallest absolute Gasteiger partial charge is 0.306 e. The summed E-state index contributed by atoms with van der Waals surface area (Å²) in [5.74, 6) is -0.904. The maximum atomic E-state index is 12.6. The molecule has 0 aromatic rings. The lowest BCUT2D eigenvalue weighted by Gasteiger charge is -2.18. The Morgan fingerprint density at radius 2 is 0.600 bits per heavy atom. The Labute approximate surface area is 400 Å². The molecule has 0 aromatic heterocycles. The minimum atomic E-state index is -0.772. The third kappa shape index (κ3) is 51.2. The van der Waals surface area contributed by atoms with Gasteiger partial charge in [0.2, 0.25) is 0 Å². The number of rotatable bonds is 47. The normalized spacial score (nSPS) is 12.8. The van der Waals surface area contributed by atoms with Gasteiger partial charge in [0.05, 0.1) is 0 Å². The van der Waals surface area contributed by atoms with E-state index in [0.29, 0.717) is 19.3 Å². The van der Waals surface area contributed by atoms with Gasteiger partial charge >= 0.3 is 17.9 Å². The summed E-state index contributed by atoms with van der Waals surface area (Å²) in [6.07, 6.45) is 70.2. The molecule has 0 fully saturated rings. The summed E-state index contributed by atoms with van der Waals surface area (Å²) in [6, 6.07) is 0. The summed E-state index contributed by atoms with van der Waals surface area (Å²) in [6.45, 7) is 6.42. The van der Waals surface area contributed by atoms with E-state index < -0.39 is 6.10 Å². The zero-order valence-electron chi connectivity index (χ0n) is 42.2. The van der Waals surface area contributed by atoms with Gasteiger partial charge in [-0.2, -0.15) is 0 Å². The van der Waals surface area contributed by atoms with Crippen LogP contribution in [0, 0.1) is 0 Å². The predicted molar refractivity (Wildman–Crippen MR) is 279 cm³/mol. The molecule has 370 valence electrons. The summed E-state index contributed by atoms with van der Waals surface area (Å²) in [5, 5.41) is 0. The quantitative estimate of drug-likeness (QED) is 0.0262. The lowest BCUT2D eigenvalue weighted by atomic mass is 10.1. The molecular weight excluding hydrogens is 805 g/mol. The Balaban J connectivity index is 4.01. The van der Waals surface area contributed by atoms with Gasteiger partial charge in [-0.05, 0) is 83.5 Å². The standard InChI is InChI=1S/C59H98O6/c1-4-7-10-13-16-17-18-19-20-21-22-23-24-25-26-27-28-29-30-31-32-33-34-35-36-37-38-39-40-41-44-46-49-52-58(61)64-55-56(65-59(62)53-50-47-43-15-12-9-6-3)54-63-57(60)51-48-45-42-14-11-8-5-2/h7,10,16-17,19-20,22-23,25-26,28-29,31-32,34-35,56H,4-6,8-9,11-15,18,21,24,27,30,33,36-55H2,1-3H3/b10-7-,17-16-,20-19-,23-22-,26-25-,29-28-,32-31-,35-34-. The number of allylic oxidation sites excluding steroid dienone is 16. The Morgan fingerprint density at radius 1 is 0.323 bits per heavy atom. The number of hydrogen-bond donors (Lipinski definition) is 0. The Morgan fingerprint density at radius 3 is 0.938 bits per heavy atom. The van der Waals surface area contributed by atoms with E-state index >= 15 is 0 Å². The maximum Gasteiger partial charge on any atom is 0.306 e. The zero-order chi connectivity index (χ0) is 47.2. The Bertz CT molecular complexity index is 1310. The van der Waals surface area contributed by atoms with Gasteiger partial charge in [-0.3, -0.25) is 14.4 Å². The van der Waals surface area contributed by atoms with Crippen LogP contribution in [0.2, 0.25) is 0 Å². The van der Waals surface area contributed by atoms with Crippen molar-refractivity contribution in [2.75, 3.05) is 13.2 Å². The number of carbonyl (C=O) groups is 3. The molecular formula is C59H98O6. The average molecular weight is 903 g/mol. The van der Waals surface area contributed by atoms with Crippen LogP contribution in [0.1, 0.15) is 239 Å². The van der Waals surface area contributed by atoms with Crippen molar-refractivity contribution in [2.45, 2.75) is 245 Å². The summed E-state index contributed by atoms with van der Waals surface area (Å²) < 4.78 is 16.6. The molecule has 6 heteroatoms. The van der Waals surface area contributed by atoms with E-state index in [2.05, 4.69) is 118 Å². The fourth-order valence-electron chi connectivity index (χ4n) is 7.10. The minimum Gasteiger partial charge on any atom is -0.462 e. The molecule has 0 saturated heterocycles. The molecule has 1 unspecified atom stereocenters. The highest BCUT2D eigenvalue weighted by Gasteiger charge is 2.19. The zero-order valence-corrected chi connectivity index (χ0v) is 42.2. The summed E-state index contributed by atoms with van der Waals surface area (Å²) in [5.41, 5.74) is 0. The van der Waals surface area contributed by atoms with E-state index in [-0.39, 0.29) is 31.1 Å². The first-order valence-corrected chi connectivity index (χ1v) is 26.7. The van der Waals surface area contributed by atoms with Gasteiger partial charge in [-0.1, -0.05) is 234 Å². The monoisotopic (exact) mass is 903 g/mol. The largest absolute Gasteiger partial charge is 0.462 e. The van der Waals surface area contributed by atoms with Gasteiger partial charge in [0, 0.05) is 19.3 Å². The van der Waals surface area contributed by atoms with Crippen molar-refractivity contribution < 1.29 is 28.6 Å². The number of hydrogen-bond acceptors (Lipinski definition) is 6. The highest BCUT2D eigenvalue weighted by Crippen LogP contribution is 2.14. The van der Waals surface area contributed by atoms with E-state index in [1.165, 1.54) is 83.5 Å². The van der Waals surface area contributed by atoms with Gasteiger partial charge in [-0.25, -0.2) is 0 Å². The van der Waals surface area contributed by atoms with Crippen LogP contribution in [-0.2, 0) is 28.6 Å². The molecule has 0 radical (unpaired) electrons. The minimum absolute atomic E-state index is 0.0781. The van der Waals surface area contributed by atoms with E-state index in [1.54, 1.807) is 0 Å². The lowest BCUT2D eigenvalue weighted by molar-refractivity contribution is -0.167. The second-order valence-electron chi connectivity index (χ2n) is 17.4. The van der Waals surface area contributed by atoms with Crippen LogP contribution in [0.5, 0.6) is 0 Å².